The van der Waals surface area contributed by atoms with Crippen LogP contribution in [0, 0.1) is 5.92 Å². The fourth-order valence-corrected chi connectivity index (χ4v) is 5.10. The van der Waals surface area contributed by atoms with Gasteiger partial charge in [-0.1, -0.05) is 54.6 Å². The number of carbonyl (C=O) groups excluding carboxylic acids is 2. The Morgan fingerprint density at radius 3 is 2.23 bits per heavy atom. The number of hydrogen-bond acceptors (Lipinski definition) is 4. The van der Waals surface area contributed by atoms with E-state index in [1.807, 2.05) is 24.3 Å². The quantitative estimate of drug-likeness (QED) is 0.469. The van der Waals surface area contributed by atoms with Gasteiger partial charge in [-0.15, -0.1) is 0 Å². The molecule has 0 saturated heterocycles. The molecule has 0 aliphatic heterocycles. The van der Waals surface area contributed by atoms with E-state index in [9.17, 15) is 14.4 Å². The molecule has 2 amide bonds. The molecule has 3 aromatic carbocycles. The lowest BCUT2D eigenvalue weighted by molar-refractivity contribution is -0.141. The lowest BCUT2D eigenvalue weighted by Gasteiger charge is -2.15. The molecule has 5 rings (SSSR count). The SMILES string of the molecule is O=C(Nc1cccc(C(=O)NC2CCC(C(=O)O)C2)c1)OCC1c2ccccc2-c2ccccc21. The monoisotopic (exact) mass is 470 g/mol. The minimum Gasteiger partial charge on any atom is -0.481 e. The standard InChI is InChI=1S/C28H26N2O5/c31-26(29-20-13-12-18(15-20)27(32)33)17-6-5-7-19(14-17)30-28(34)35-16-25-23-10-3-1-8-21(23)22-9-2-4-11-24(22)25/h1-11,14,18,20,25H,12-13,15-16H2,(H,29,31)(H,30,34)(H,32,33). The van der Waals surface area contributed by atoms with Crippen LogP contribution < -0.4 is 10.6 Å². The predicted molar refractivity (Wildman–Crippen MR) is 131 cm³/mol. The Kier molecular flexibility index (Phi) is 6.23. The van der Waals surface area contributed by atoms with Gasteiger partial charge in [-0.2, -0.15) is 0 Å². The summed E-state index contributed by atoms with van der Waals surface area (Å²) in [6.45, 7) is 0.201. The Morgan fingerprint density at radius 2 is 1.57 bits per heavy atom. The second-order valence-corrected chi connectivity index (χ2v) is 9.05. The van der Waals surface area contributed by atoms with Gasteiger partial charge in [0.1, 0.15) is 6.61 Å². The van der Waals surface area contributed by atoms with E-state index in [0.29, 0.717) is 30.5 Å². The van der Waals surface area contributed by atoms with Gasteiger partial charge in [-0.05, 0) is 59.7 Å². The third-order valence-corrected chi connectivity index (χ3v) is 6.83. The average molecular weight is 471 g/mol. The molecule has 7 nitrogen and oxygen atoms in total. The molecular weight excluding hydrogens is 444 g/mol. The first kappa shape index (κ1) is 22.7. The zero-order chi connectivity index (χ0) is 24.4. The molecule has 0 bridgehead atoms. The van der Waals surface area contributed by atoms with Crippen molar-refractivity contribution in [2.75, 3.05) is 11.9 Å². The second kappa shape index (κ2) is 9.62. The van der Waals surface area contributed by atoms with Gasteiger partial charge in [0.25, 0.3) is 5.91 Å². The Hall–Kier alpha value is -4.13. The largest absolute Gasteiger partial charge is 0.481 e. The maximum atomic E-state index is 12.6. The van der Waals surface area contributed by atoms with Crippen molar-refractivity contribution in [1.82, 2.24) is 5.32 Å². The number of rotatable bonds is 6. The van der Waals surface area contributed by atoms with Gasteiger partial charge >= 0.3 is 12.1 Å². The average Bonchev–Trinajstić information content (AvgIpc) is 3.46. The van der Waals surface area contributed by atoms with Crippen molar-refractivity contribution in [2.24, 2.45) is 5.92 Å². The lowest BCUT2D eigenvalue weighted by Crippen LogP contribution is -2.33. The van der Waals surface area contributed by atoms with Crippen LogP contribution in [0.2, 0.25) is 0 Å². The topological polar surface area (TPSA) is 105 Å². The van der Waals surface area contributed by atoms with Crippen LogP contribution >= 0.6 is 0 Å². The van der Waals surface area contributed by atoms with Crippen LogP contribution in [0.1, 0.15) is 46.7 Å². The summed E-state index contributed by atoms with van der Waals surface area (Å²) in [6, 6.07) is 22.7. The molecule has 7 heteroatoms. The Labute approximate surface area is 203 Å². The summed E-state index contributed by atoms with van der Waals surface area (Å²) in [5.74, 6) is -1.57. The van der Waals surface area contributed by atoms with Crippen molar-refractivity contribution >= 4 is 23.7 Å². The number of ether oxygens (including phenoxy) is 1. The molecule has 178 valence electrons. The summed E-state index contributed by atoms with van der Waals surface area (Å²) in [7, 11) is 0. The number of carboxylic acid groups (broad SMARTS) is 1. The molecule has 3 aromatic rings. The molecule has 2 aliphatic rings. The van der Waals surface area contributed by atoms with E-state index in [-0.39, 0.29) is 24.5 Å². The number of carboxylic acids is 1. The van der Waals surface area contributed by atoms with Crippen LogP contribution in [-0.2, 0) is 9.53 Å². The van der Waals surface area contributed by atoms with Gasteiger partial charge in [-0.3, -0.25) is 14.9 Å². The second-order valence-electron chi connectivity index (χ2n) is 9.05. The fourth-order valence-electron chi connectivity index (χ4n) is 5.10. The van der Waals surface area contributed by atoms with Crippen molar-refractivity contribution in [3.63, 3.8) is 0 Å². The summed E-state index contributed by atoms with van der Waals surface area (Å²) in [6.07, 6.45) is 1.03. The number of fused-ring (bicyclic) bond motifs is 3. The molecule has 0 heterocycles. The lowest BCUT2D eigenvalue weighted by atomic mass is 9.98. The van der Waals surface area contributed by atoms with E-state index in [4.69, 9.17) is 9.84 Å². The van der Waals surface area contributed by atoms with Gasteiger partial charge in [0.15, 0.2) is 0 Å². The highest BCUT2D eigenvalue weighted by atomic mass is 16.5. The molecule has 2 unspecified atom stereocenters. The van der Waals surface area contributed by atoms with Gasteiger partial charge in [0, 0.05) is 23.2 Å². The van der Waals surface area contributed by atoms with Crippen LogP contribution in [0.5, 0.6) is 0 Å². The highest BCUT2D eigenvalue weighted by molar-refractivity contribution is 5.96. The van der Waals surface area contributed by atoms with Crippen molar-refractivity contribution in [3.05, 3.63) is 89.5 Å². The van der Waals surface area contributed by atoms with Gasteiger partial charge in [0.05, 0.1) is 5.92 Å². The minimum absolute atomic E-state index is 0.0358. The molecular formula is C28H26N2O5. The van der Waals surface area contributed by atoms with Crippen molar-refractivity contribution < 1.29 is 24.2 Å². The highest BCUT2D eigenvalue weighted by Gasteiger charge is 2.31. The molecule has 2 atom stereocenters. The Balaban J connectivity index is 1.19. The first-order valence-corrected chi connectivity index (χ1v) is 11.8. The summed E-state index contributed by atoms with van der Waals surface area (Å²) in [5, 5.41) is 14.7. The maximum Gasteiger partial charge on any atom is 0.411 e. The van der Waals surface area contributed by atoms with Crippen LogP contribution in [-0.4, -0.2) is 35.7 Å². The van der Waals surface area contributed by atoms with Crippen LogP contribution in [0.15, 0.2) is 72.8 Å². The molecule has 0 spiro atoms. The van der Waals surface area contributed by atoms with Gasteiger partial charge in [0.2, 0.25) is 0 Å². The first-order chi connectivity index (χ1) is 17.0. The fraction of sp³-hybridized carbons (Fsp3) is 0.250. The first-order valence-electron chi connectivity index (χ1n) is 11.8. The third-order valence-electron chi connectivity index (χ3n) is 6.83. The van der Waals surface area contributed by atoms with Crippen molar-refractivity contribution in [3.8, 4) is 11.1 Å². The number of anilines is 1. The molecule has 3 N–H and O–H groups in total. The zero-order valence-corrected chi connectivity index (χ0v) is 19.1. The molecule has 0 radical (unpaired) electrons. The van der Waals surface area contributed by atoms with Gasteiger partial charge in [-0.25, -0.2) is 4.79 Å². The van der Waals surface area contributed by atoms with Crippen LogP contribution in [0.3, 0.4) is 0 Å². The number of carbonyl (C=O) groups is 3. The van der Waals surface area contributed by atoms with E-state index < -0.39 is 18.0 Å². The molecule has 1 fully saturated rings. The molecule has 35 heavy (non-hydrogen) atoms. The van der Waals surface area contributed by atoms with Crippen molar-refractivity contribution in [2.45, 2.75) is 31.2 Å². The van der Waals surface area contributed by atoms with E-state index >= 15 is 0 Å². The normalized spacial score (nSPS) is 18.4. The predicted octanol–water partition coefficient (Wildman–Crippen LogP) is 5.03. The van der Waals surface area contributed by atoms with Crippen molar-refractivity contribution in [1.29, 1.82) is 0 Å². The molecule has 0 aromatic heterocycles. The van der Waals surface area contributed by atoms with Crippen LogP contribution in [0.25, 0.3) is 11.1 Å². The zero-order valence-electron chi connectivity index (χ0n) is 19.1. The minimum atomic E-state index is -0.823. The Bertz CT molecular complexity index is 1240. The van der Waals surface area contributed by atoms with E-state index in [1.165, 1.54) is 0 Å². The van der Waals surface area contributed by atoms with Crippen LogP contribution in [0.4, 0.5) is 10.5 Å². The van der Waals surface area contributed by atoms with Gasteiger partial charge < -0.3 is 15.2 Å². The maximum absolute atomic E-state index is 12.6. The van der Waals surface area contributed by atoms with E-state index in [1.54, 1.807) is 24.3 Å². The number of hydrogen-bond donors (Lipinski definition) is 3. The van der Waals surface area contributed by atoms with E-state index in [0.717, 1.165) is 22.3 Å². The summed E-state index contributed by atoms with van der Waals surface area (Å²) in [4.78, 5) is 36.4. The number of benzene rings is 3. The third kappa shape index (κ3) is 4.75. The molecule has 1 saturated carbocycles. The molecule has 2 aliphatic carbocycles. The summed E-state index contributed by atoms with van der Waals surface area (Å²) < 4.78 is 5.58. The summed E-state index contributed by atoms with van der Waals surface area (Å²) in [5.41, 5.74) is 5.43. The number of amides is 2. The van der Waals surface area contributed by atoms with E-state index in [2.05, 4.69) is 34.9 Å². The number of nitrogens with one attached hydrogen (secondary N) is 2. The summed E-state index contributed by atoms with van der Waals surface area (Å²) >= 11 is 0. The Morgan fingerprint density at radius 1 is 0.886 bits per heavy atom. The number of aliphatic carboxylic acids is 1. The smallest absolute Gasteiger partial charge is 0.411 e. The highest BCUT2D eigenvalue weighted by Crippen LogP contribution is 2.44.